The summed E-state index contributed by atoms with van der Waals surface area (Å²) in [6.45, 7) is 4.15. The molecule has 1 aromatic rings. The molecule has 0 saturated carbocycles. The minimum Gasteiger partial charge on any atom is -0.335 e. The maximum atomic E-state index is 12.2. The summed E-state index contributed by atoms with van der Waals surface area (Å²) in [7, 11) is 0. The molecule has 2 rings (SSSR count). The maximum Gasteiger partial charge on any atom is 0.274 e. The highest BCUT2D eigenvalue weighted by atomic mass is 32.2. The number of carbonyl (C=O) groups excluding carboxylic acids is 1. The van der Waals surface area contributed by atoms with E-state index in [2.05, 4.69) is 11.9 Å². The molecule has 17 heavy (non-hydrogen) atoms. The number of thioether (sulfide) groups is 1. The largest absolute Gasteiger partial charge is 0.335 e. The van der Waals surface area contributed by atoms with Crippen molar-refractivity contribution in [3.05, 3.63) is 18.2 Å². The number of rotatable bonds is 3. The number of aromatic nitrogens is 2. The fourth-order valence-corrected chi connectivity index (χ4v) is 2.93. The van der Waals surface area contributed by atoms with E-state index in [9.17, 15) is 4.79 Å². The number of nitrogens with zero attached hydrogens (tertiary/aromatic N) is 3. The van der Waals surface area contributed by atoms with E-state index >= 15 is 0 Å². The summed E-state index contributed by atoms with van der Waals surface area (Å²) in [6.07, 6.45) is 3.45. The summed E-state index contributed by atoms with van der Waals surface area (Å²) < 4.78 is 1.86. The van der Waals surface area contributed by atoms with E-state index in [0.717, 1.165) is 18.1 Å². The summed E-state index contributed by atoms with van der Waals surface area (Å²) in [6, 6.07) is 0.293. The predicted octanol–water partition coefficient (Wildman–Crippen LogP) is 0.419. The van der Waals surface area contributed by atoms with Crippen LogP contribution in [0.4, 0.5) is 0 Å². The van der Waals surface area contributed by atoms with Crippen molar-refractivity contribution >= 4 is 17.7 Å². The van der Waals surface area contributed by atoms with E-state index in [1.165, 1.54) is 0 Å². The van der Waals surface area contributed by atoms with Gasteiger partial charge in [0.2, 0.25) is 0 Å². The SMILES string of the molecule is CC1CSCCN1C(=O)c1cn(CCN)cn1. The van der Waals surface area contributed by atoms with Gasteiger partial charge in [-0.15, -0.1) is 0 Å². The average molecular weight is 254 g/mol. The molecule has 6 heteroatoms. The minimum atomic E-state index is 0.0357. The van der Waals surface area contributed by atoms with Gasteiger partial charge >= 0.3 is 0 Å². The molecule has 1 aromatic heterocycles. The van der Waals surface area contributed by atoms with Gasteiger partial charge in [-0.2, -0.15) is 11.8 Å². The zero-order valence-corrected chi connectivity index (χ0v) is 10.8. The van der Waals surface area contributed by atoms with Gasteiger partial charge in [0.05, 0.1) is 6.33 Å². The molecule has 5 nitrogen and oxygen atoms in total. The van der Waals surface area contributed by atoms with Gasteiger partial charge in [-0.1, -0.05) is 0 Å². The van der Waals surface area contributed by atoms with E-state index in [1.807, 2.05) is 21.2 Å². The first-order chi connectivity index (χ1) is 8.22. The second-order valence-electron chi connectivity index (χ2n) is 4.21. The highest BCUT2D eigenvalue weighted by Crippen LogP contribution is 2.17. The Morgan fingerprint density at radius 3 is 3.24 bits per heavy atom. The number of hydrogen-bond acceptors (Lipinski definition) is 4. The second kappa shape index (κ2) is 5.55. The Bertz CT molecular complexity index is 393. The number of imidazole rings is 1. The lowest BCUT2D eigenvalue weighted by molar-refractivity contribution is 0.0710. The molecule has 1 unspecified atom stereocenters. The van der Waals surface area contributed by atoms with Crippen molar-refractivity contribution in [3.63, 3.8) is 0 Å². The Morgan fingerprint density at radius 1 is 1.71 bits per heavy atom. The minimum absolute atomic E-state index is 0.0357. The molecular weight excluding hydrogens is 236 g/mol. The molecule has 2 N–H and O–H groups in total. The molecule has 1 aliphatic rings. The summed E-state index contributed by atoms with van der Waals surface area (Å²) in [5, 5.41) is 0. The number of carbonyl (C=O) groups is 1. The van der Waals surface area contributed by atoms with Crippen molar-refractivity contribution in [2.45, 2.75) is 19.5 Å². The van der Waals surface area contributed by atoms with Gasteiger partial charge in [-0.25, -0.2) is 4.98 Å². The molecule has 1 atom stereocenters. The lowest BCUT2D eigenvalue weighted by Crippen LogP contribution is -2.44. The summed E-state index contributed by atoms with van der Waals surface area (Å²) in [5.41, 5.74) is 5.99. The summed E-state index contributed by atoms with van der Waals surface area (Å²) >= 11 is 1.90. The Morgan fingerprint density at radius 2 is 2.53 bits per heavy atom. The van der Waals surface area contributed by atoms with Gasteiger partial charge in [-0.05, 0) is 6.92 Å². The molecule has 2 heterocycles. The van der Waals surface area contributed by atoms with Gasteiger partial charge in [0, 0.05) is 43.4 Å². The zero-order chi connectivity index (χ0) is 12.3. The molecule has 1 amide bonds. The van der Waals surface area contributed by atoms with E-state index < -0.39 is 0 Å². The number of nitrogens with two attached hydrogens (primary N) is 1. The van der Waals surface area contributed by atoms with Crippen LogP contribution in [0.5, 0.6) is 0 Å². The molecule has 0 bridgehead atoms. The van der Waals surface area contributed by atoms with Crippen LogP contribution in [0.2, 0.25) is 0 Å². The van der Waals surface area contributed by atoms with Crippen LogP contribution in [0.15, 0.2) is 12.5 Å². The number of amides is 1. The lowest BCUT2D eigenvalue weighted by Gasteiger charge is -2.32. The van der Waals surface area contributed by atoms with E-state index in [1.54, 1.807) is 12.5 Å². The molecule has 0 aliphatic carbocycles. The van der Waals surface area contributed by atoms with Crippen molar-refractivity contribution < 1.29 is 4.79 Å². The normalized spacial score (nSPS) is 20.6. The van der Waals surface area contributed by atoms with Crippen LogP contribution in [-0.4, -0.2) is 51.0 Å². The quantitative estimate of drug-likeness (QED) is 0.849. The van der Waals surface area contributed by atoms with Crippen LogP contribution >= 0.6 is 11.8 Å². The molecule has 1 fully saturated rings. The monoisotopic (exact) mass is 254 g/mol. The summed E-state index contributed by atoms with van der Waals surface area (Å²) in [4.78, 5) is 18.3. The molecular formula is C11H18N4OS. The fraction of sp³-hybridized carbons (Fsp3) is 0.636. The molecule has 0 radical (unpaired) electrons. The first-order valence-corrected chi connectivity index (χ1v) is 6.98. The van der Waals surface area contributed by atoms with Gasteiger partial charge in [-0.3, -0.25) is 4.79 Å². The van der Waals surface area contributed by atoms with Crippen molar-refractivity contribution in [2.24, 2.45) is 5.73 Å². The predicted molar refractivity (Wildman–Crippen MR) is 69.1 cm³/mol. The van der Waals surface area contributed by atoms with Crippen LogP contribution in [0.3, 0.4) is 0 Å². The lowest BCUT2D eigenvalue weighted by atomic mass is 10.2. The van der Waals surface area contributed by atoms with Gasteiger partial charge in [0.15, 0.2) is 0 Å². The van der Waals surface area contributed by atoms with Gasteiger partial charge in [0.1, 0.15) is 5.69 Å². The molecule has 1 aliphatic heterocycles. The van der Waals surface area contributed by atoms with Crippen LogP contribution in [0.25, 0.3) is 0 Å². The Balaban J connectivity index is 2.07. The van der Waals surface area contributed by atoms with Gasteiger partial charge < -0.3 is 15.2 Å². The number of hydrogen-bond donors (Lipinski definition) is 1. The van der Waals surface area contributed by atoms with Crippen LogP contribution in [0, 0.1) is 0 Å². The zero-order valence-electron chi connectivity index (χ0n) is 10.0. The first-order valence-electron chi connectivity index (χ1n) is 5.83. The molecule has 94 valence electrons. The van der Waals surface area contributed by atoms with Crippen molar-refractivity contribution in [1.29, 1.82) is 0 Å². The standard InChI is InChI=1S/C11H18N4OS/c1-9-7-17-5-4-15(9)11(16)10-6-14(3-2-12)8-13-10/h6,8-9H,2-5,7,12H2,1H3. The third kappa shape index (κ3) is 2.81. The van der Waals surface area contributed by atoms with Crippen LogP contribution in [0.1, 0.15) is 17.4 Å². The van der Waals surface area contributed by atoms with E-state index in [4.69, 9.17) is 5.73 Å². The van der Waals surface area contributed by atoms with Crippen LogP contribution in [-0.2, 0) is 6.54 Å². The molecule has 1 saturated heterocycles. The van der Waals surface area contributed by atoms with Crippen molar-refractivity contribution in [1.82, 2.24) is 14.5 Å². The highest BCUT2D eigenvalue weighted by molar-refractivity contribution is 7.99. The summed E-state index contributed by atoms with van der Waals surface area (Å²) in [5.74, 6) is 2.06. The van der Waals surface area contributed by atoms with Crippen molar-refractivity contribution in [2.75, 3.05) is 24.6 Å². The molecule has 0 spiro atoms. The second-order valence-corrected chi connectivity index (χ2v) is 5.36. The fourth-order valence-electron chi connectivity index (χ4n) is 1.92. The first kappa shape index (κ1) is 12.4. The average Bonchev–Trinajstić information content (AvgIpc) is 2.78. The van der Waals surface area contributed by atoms with Crippen LogP contribution < -0.4 is 5.73 Å². The van der Waals surface area contributed by atoms with Gasteiger partial charge in [0.25, 0.3) is 5.91 Å². The van der Waals surface area contributed by atoms with E-state index in [-0.39, 0.29) is 5.91 Å². The Hall–Kier alpha value is -1.01. The van der Waals surface area contributed by atoms with Crippen molar-refractivity contribution in [3.8, 4) is 0 Å². The third-order valence-electron chi connectivity index (χ3n) is 2.87. The third-order valence-corrected chi connectivity index (χ3v) is 4.06. The Labute approximate surface area is 105 Å². The van der Waals surface area contributed by atoms with E-state index in [0.29, 0.717) is 24.8 Å². The smallest absolute Gasteiger partial charge is 0.274 e. The topological polar surface area (TPSA) is 64.2 Å². The molecule has 0 aromatic carbocycles. The highest BCUT2D eigenvalue weighted by Gasteiger charge is 2.25. The Kier molecular flexibility index (Phi) is 4.06. The maximum absolute atomic E-state index is 12.2.